The highest BCUT2D eigenvalue weighted by Crippen LogP contribution is 2.37. The van der Waals surface area contributed by atoms with Crippen molar-refractivity contribution in [2.24, 2.45) is 5.73 Å². The number of alkyl halides is 3. The summed E-state index contributed by atoms with van der Waals surface area (Å²) < 4.78 is 59.1. The Morgan fingerprint density at radius 2 is 1.77 bits per heavy atom. The highest BCUT2D eigenvalue weighted by Gasteiger charge is 2.31. The van der Waals surface area contributed by atoms with Gasteiger partial charge in [0.2, 0.25) is 0 Å². The topological polar surface area (TPSA) is 122 Å². The second-order valence-electron chi connectivity index (χ2n) is 7.02. The predicted octanol–water partition coefficient (Wildman–Crippen LogP) is 4.27. The molecule has 1 unspecified atom stereocenters. The van der Waals surface area contributed by atoms with E-state index < -0.39 is 38.3 Å². The van der Waals surface area contributed by atoms with Gasteiger partial charge in [-0.3, -0.25) is 4.52 Å². The molecular weight excluding hydrogens is 462 g/mol. The highest BCUT2D eigenvalue weighted by atomic mass is 35.5. The van der Waals surface area contributed by atoms with Crippen LogP contribution in [0.1, 0.15) is 24.0 Å². The van der Waals surface area contributed by atoms with Crippen LogP contribution in [-0.4, -0.2) is 33.6 Å². The largest absolute Gasteiger partial charge is 0.469 e. The summed E-state index contributed by atoms with van der Waals surface area (Å²) in [4.78, 5) is 17.5. The van der Waals surface area contributed by atoms with Crippen LogP contribution in [0.5, 0.6) is 11.5 Å². The molecule has 0 amide bonds. The number of hydrogen-bond donors (Lipinski definition) is 4. The van der Waals surface area contributed by atoms with E-state index in [2.05, 4.69) is 4.52 Å². The molecule has 1 atom stereocenters. The molecule has 0 radical (unpaired) electrons. The van der Waals surface area contributed by atoms with E-state index in [-0.39, 0.29) is 17.9 Å². The number of phosphoric ester groups is 1. The third kappa shape index (κ3) is 8.42. The van der Waals surface area contributed by atoms with Gasteiger partial charge in [-0.15, -0.1) is 0 Å². The number of nitrogens with two attached hydrogens (primary N) is 1. The number of phosphoric acid groups is 1. The van der Waals surface area contributed by atoms with Crippen molar-refractivity contribution in [2.75, 3.05) is 13.2 Å². The zero-order valence-electron chi connectivity index (χ0n) is 16.2. The third-order valence-electron chi connectivity index (χ3n) is 4.38. The van der Waals surface area contributed by atoms with Gasteiger partial charge in [0.15, 0.2) is 0 Å². The van der Waals surface area contributed by atoms with Crippen molar-refractivity contribution in [1.82, 2.24) is 0 Å². The lowest BCUT2D eigenvalue weighted by molar-refractivity contribution is -0.137. The zero-order valence-corrected chi connectivity index (χ0v) is 17.8. The first kappa shape index (κ1) is 25.6. The lowest BCUT2D eigenvalue weighted by Gasteiger charge is -2.27. The van der Waals surface area contributed by atoms with E-state index in [1.807, 2.05) is 0 Å². The summed E-state index contributed by atoms with van der Waals surface area (Å²) in [6.07, 6.45) is -3.43. The smallest absolute Gasteiger partial charge is 0.457 e. The molecule has 7 nitrogen and oxygen atoms in total. The minimum atomic E-state index is -4.71. The predicted molar refractivity (Wildman–Crippen MR) is 108 cm³/mol. The Balaban J connectivity index is 1.98. The Morgan fingerprint density at radius 1 is 1.10 bits per heavy atom. The maximum absolute atomic E-state index is 12.8. The maximum atomic E-state index is 12.8. The molecule has 2 aromatic rings. The summed E-state index contributed by atoms with van der Waals surface area (Å²) in [5, 5.41) is 9.73. The quantitative estimate of drug-likeness (QED) is 0.372. The summed E-state index contributed by atoms with van der Waals surface area (Å²) in [5.74, 6) is 0.270. The number of halogens is 4. The van der Waals surface area contributed by atoms with Gasteiger partial charge >= 0.3 is 14.0 Å². The van der Waals surface area contributed by atoms with Crippen molar-refractivity contribution in [3.8, 4) is 11.5 Å². The van der Waals surface area contributed by atoms with Gasteiger partial charge < -0.3 is 25.4 Å². The first-order chi connectivity index (χ1) is 14.3. The van der Waals surface area contributed by atoms with Crippen molar-refractivity contribution in [1.29, 1.82) is 0 Å². The SMILES string of the molecule is NC(CO)(CCCc1ccc(Oc2cccc(C(F)(F)F)c2)cc1Cl)COP(=O)(O)O. The number of rotatable bonds is 10. The van der Waals surface area contributed by atoms with E-state index in [9.17, 15) is 22.8 Å². The van der Waals surface area contributed by atoms with Crippen LogP contribution < -0.4 is 10.5 Å². The fourth-order valence-electron chi connectivity index (χ4n) is 2.71. The van der Waals surface area contributed by atoms with Crippen molar-refractivity contribution < 1.29 is 41.9 Å². The monoisotopic (exact) mass is 483 g/mol. The molecule has 0 aromatic heterocycles. The van der Waals surface area contributed by atoms with Crippen LogP contribution in [0.3, 0.4) is 0 Å². The molecule has 31 heavy (non-hydrogen) atoms. The van der Waals surface area contributed by atoms with Crippen LogP contribution in [0.4, 0.5) is 13.2 Å². The number of hydrogen-bond acceptors (Lipinski definition) is 5. The molecule has 2 rings (SSSR count). The number of aryl methyl sites for hydroxylation is 1. The summed E-state index contributed by atoms with van der Waals surface area (Å²) in [5.41, 5.74) is 4.45. The number of aliphatic hydroxyl groups is 1. The van der Waals surface area contributed by atoms with E-state index in [1.54, 1.807) is 12.1 Å². The Hall–Kier alpha value is -1.65. The van der Waals surface area contributed by atoms with Gasteiger partial charge in [-0.2, -0.15) is 13.2 Å². The van der Waals surface area contributed by atoms with Crippen molar-refractivity contribution in [3.63, 3.8) is 0 Å². The second-order valence-corrected chi connectivity index (χ2v) is 8.67. The Bertz CT molecular complexity index is 939. The van der Waals surface area contributed by atoms with Crippen LogP contribution in [0.2, 0.25) is 5.02 Å². The van der Waals surface area contributed by atoms with E-state index in [0.29, 0.717) is 23.4 Å². The summed E-state index contributed by atoms with van der Waals surface area (Å²) in [6.45, 7) is -1.06. The number of benzene rings is 2. The molecule has 5 N–H and O–H groups in total. The van der Waals surface area contributed by atoms with Gasteiger partial charge in [0.25, 0.3) is 0 Å². The number of aliphatic hydroxyl groups excluding tert-OH is 1. The zero-order chi connectivity index (χ0) is 23.3. The number of ether oxygens (including phenoxy) is 1. The summed E-state index contributed by atoms with van der Waals surface area (Å²) in [7, 11) is -4.71. The van der Waals surface area contributed by atoms with Gasteiger partial charge in [-0.25, -0.2) is 4.57 Å². The van der Waals surface area contributed by atoms with Gasteiger partial charge in [0.1, 0.15) is 11.5 Å². The highest BCUT2D eigenvalue weighted by molar-refractivity contribution is 7.46. The normalized spacial score (nSPS) is 14.3. The molecule has 12 heteroatoms. The lowest BCUT2D eigenvalue weighted by atomic mass is 9.94. The van der Waals surface area contributed by atoms with E-state index in [0.717, 1.165) is 12.1 Å². The summed E-state index contributed by atoms with van der Waals surface area (Å²) >= 11 is 6.24. The first-order valence-electron chi connectivity index (χ1n) is 9.05. The molecule has 0 aliphatic heterocycles. The first-order valence-corrected chi connectivity index (χ1v) is 11.0. The van der Waals surface area contributed by atoms with Gasteiger partial charge in [0, 0.05) is 5.02 Å². The Labute approximate surface area is 181 Å². The molecule has 0 aliphatic carbocycles. The minimum Gasteiger partial charge on any atom is -0.457 e. The molecule has 0 saturated heterocycles. The average Bonchev–Trinajstić information content (AvgIpc) is 2.67. The fraction of sp³-hybridized carbons (Fsp3) is 0.368. The Morgan fingerprint density at radius 3 is 2.35 bits per heavy atom. The standard InChI is InChI=1S/C19H22ClF3NO6P/c20-17-10-16(30-15-5-1-4-14(9-15)19(21,22)23)7-6-13(17)3-2-8-18(24,11-25)12-29-31(26,27)28/h1,4-7,9-10,25H,2-3,8,11-12,24H2,(H2,26,27,28). The van der Waals surface area contributed by atoms with Crippen molar-refractivity contribution in [3.05, 3.63) is 58.6 Å². The van der Waals surface area contributed by atoms with Gasteiger partial charge in [-0.1, -0.05) is 23.7 Å². The molecule has 0 heterocycles. The second kappa shape index (κ2) is 10.3. The van der Waals surface area contributed by atoms with E-state index in [4.69, 9.17) is 31.9 Å². The maximum Gasteiger partial charge on any atom is 0.469 e. The van der Waals surface area contributed by atoms with Crippen LogP contribution in [0.25, 0.3) is 0 Å². The molecule has 172 valence electrons. The summed E-state index contributed by atoms with van der Waals surface area (Å²) in [6, 6.07) is 9.14. The van der Waals surface area contributed by atoms with Crippen LogP contribution in [-0.2, 0) is 21.7 Å². The van der Waals surface area contributed by atoms with E-state index in [1.165, 1.54) is 18.2 Å². The third-order valence-corrected chi connectivity index (χ3v) is 5.19. The molecule has 0 aliphatic rings. The molecule has 0 saturated carbocycles. The molecular formula is C19H22ClF3NO6P. The van der Waals surface area contributed by atoms with Crippen LogP contribution >= 0.6 is 19.4 Å². The van der Waals surface area contributed by atoms with Crippen molar-refractivity contribution >= 4 is 19.4 Å². The van der Waals surface area contributed by atoms with E-state index >= 15 is 0 Å². The molecule has 2 aromatic carbocycles. The lowest BCUT2D eigenvalue weighted by Crippen LogP contribution is -2.47. The molecule has 0 fully saturated rings. The Kier molecular flexibility index (Phi) is 8.52. The molecule has 0 bridgehead atoms. The van der Waals surface area contributed by atoms with Crippen LogP contribution in [0, 0.1) is 0 Å². The average molecular weight is 484 g/mol. The van der Waals surface area contributed by atoms with Crippen LogP contribution in [0.15, 0.2) is 42.5 Å². The van der Waals surface area contributed by atoms with Gasteiger partial charge in [0.05, 0.1) is 24.3 Å². The van der Waals surface area contributed by atoms with Crippen molar-refractivity contribution in [2.45, 2.75) is 31.0 Å². The van der Waals surface area contributed by atoms with Gasteiger partial charge in [-0.05, 0) is 55.2 Å². The fourth-order valence-corrected chi connectivity index (χ4v) is 3.40. The minimum absolute atomic E-state index is 0.0135. The molecule has 0 spiro atoms.